The average molecular weight is 499 g/mol. The Morgan fingerprint density at radius 2 is 1.39 bits per heavy atom. The van der Waals surface area contributed by atoms with Gasteiger partial charge < -0.3 is 39.9 Å². The fraction of sp³-hybridized carbons (Fsp3) is 0.364. The summed E-state index contributed by atoms with van der Waals surface area (Å²) in [5.41, 5.74) is 0.630. The molecular weight excluding hydrogens is 468 g/mol. The monoisotopic (exact) mass is 498 g/mol. The SMILES string of the molecule is CC(=O)Nc1cn(C)c(C(=O)Nc2cc(C(=O)Nc3cn(C)c(C(=O)NCCN(C)C)n3)n(C)c2)n1. The molecule has 3 aromatic rings. The van der Waals surface area contributed by atoms with E-state index in [0.717, 1.165) is 0 Å². The van der Waals surface area contributed by atoms with Gasteiger partial charge in [0.05, 0.1) is 5.69 Å². The first-order chi connectivity index (χ1) is 16.9. The molecule has 36 heavy (non-hydrogen) atoms. The normalized spacial score (nSPS) is 10.9. The van der Waals surface area contributed by atoms with Gasteiger partial charge in [-0.2, -0.15) is 0 Å². The molecule has 4 N–H and O–H groups in total. The third kappa shape index (κ3) is 6.35. The van der Waals surface area contributed by atoms with Crippen molar-refractivity contribution in [3.63, 3.8) is 0 Å². The van der Waals surface area contributed by atoms with E-state index in [0.29, 0.717) is 18.8 Å². The van der Waals surface area contributed by atoms with Gasteiger partial charge in [-0.15, -0.1) is 0 Å². The van der Waals surface area contributed by atoms with Gasteiger partial charge in [0, 0.05) is 59.7 Å². The first-order valence-corrected chi connectivity index (χ1v) is 11.0. The molecule has 3 heterocycles. The van der Waals surface area contributed by atoms with Gasteiger partial charge in [0.2, 0.25) is 17.6 Å². The van der Waals surface area contributed by atoms with Crippen LogP contribution in [-0.4, -0.2) is 79.4 Å². The number of amides is 4. The molecule has 14 heteroatoms. The predicted octanol–water partition coefficient (Wildman–Crippen LogP) is 0.247. The maximum atomic E-state index is 12.8. The lowest BCUT2D eigenvalue weighted by molar-refractivity contribution is -0.114. The number of hydrogen-bond donors (Lipinski definition) is 4. The zero-order valence-corrected chi connectivity index (χ0v) is 21.0. The van der Waals surface area contributed by atoms with Crippen LogP contribution in [0.25, 0.3) is 0 Å². The number of aromatic nitrogens is 5. The molecule has 192 valence electrons. The van der Waals surface area contributed by atoms with Gasteiger partial charge in [-0.1, -0.05) is 0 Å². The Kier molecular flexibility index (Phi) is 7.89. The van der Waals surface area contributed by atoms with Crippen LogP contribution in [0, 0.1) is 0 Å². The van der Waals surface area contributed by atoms with Gasteiger partial charge in [-0.05, 0) is 20.2 Å². The second kappa shape index (κ2) is 10.9. The number of likely N-dealkylation sites (N-methyl/N-ethyl adjacent to an activating group) is 1. The molecule has 0 radical (unpaired) electrons. The zero-order valence-electron chi connectivity index (χ0n) is 21.0. The molecule has 3 rings (SSSR count). The van der Waals surface area contributed by atoms with Gasteiger partial charge in [0.25, 0.3) is 17.7 Å². The van der Waals surface area contributed by atoms with Crippen molar-refractivity contribution in [2.45, 2.75) is 6.92 Å². The number of carbonyl (C=O) groups excluding carboxylic acids is 4. The van der Waals surface area contributed by atoms with E-state index in [1.807, 2.05) is 19.0 Å². The Morgan fingerprint density at radius 3 is 1.97 bits per heavy atom. The number of nitrogens with zero attached hydrogens (tertiary/aromatic N) is 6. The van der Waals surface area contributed by atoms with Crippen molar-refractivity contribution in [2.75, 3.05) is 43.1 Å². The number of aryl methyl sites for hydroxylation is 3. The maximum absolute atomic E-state index is 12.8. The van der Waals surface area contributed by atoms with E-state index in [2.05, 4.69) is 31.2 Å². The molecule has 0 saturated heterocycles. The molecule has 0 saturated carbocycles. The number of anilines is 3. The molecule has 0 aliphatic heterocycles. The Morgan fingerprint density at radius 1 is 0.806 bits per heavy atom. The van der Waals surface area contributed by atoms with Crippen molar-refractivity contribution in [2.24, 2.45) is 21.1 Å². The van der Waals surface area contributed by atoms with Crippen LogP contribution in [0.15, 0.2) is 24.7 Å². The van der Waals surface area contributed by atoms with Crippen molar-refractivity contribution in [3.05, 3.63) is 42.0 Å². The lowest BCUT2D eigenvalue weighted by Gasteiger charge is -2.09. The van der Waals surface area contributed by atoms with E-state index in [4.69, 9.17) is 0 Å². The number of carbonyl (C=O) groups is 4. The molecule has 0 aliphatic rings. The summed E-state index contributed by atoms with van der Waals surface area (Å²) < 4.78 is 4.55. The fourth-order valence-corrected chi connectivity index (χ4v) is 3.35. The number of imidazole rings is 2. The number of hydrogen-bond acceptors (Lipinski definition) is 7. The lowest BCUT2D eigenvalue weighted by Crippen LogP contribution is -2.32. The van der Waals surface area contributed by atoms with Crippen LogP contribution in [0.2, 0.25) is 0 Å². The molecule has 3 aromatic heterocycles. The van der Waals surface area contributed by atoms with Crippen molar-refractivity contribution >= 4 is 41.0 Å². The van der Waals surface area contributed by atoms with Crippen LogP contribution in [0.5, 0.6) is 0 Å². The van der Waals surface area contributed by atoms with E-state index in [9.17, 15) is 19.2 Å². The fourth-order valence-electron chi connectivity index (χ4n) is 3.35. The summed E-state index contributed by atoms with van der Waals surface area (Å²) in [6.45, 7) is 2.49. The summed E-state index contributed by atoms with van der Waals surface area (Å²) in [6.07, 6.45) is 4.63. The highest BCUT2D eigenvalue weighted by atomic mass is 16.2. The van der Waals surface area contributed by atoms with Crippen molar-refractivity contribution in [1.82, 2.24) is 33.9 Å². The largest absolute Gasteiger partial charge is 0.348 e. The first kappa shape index (κ1) is 26.2. The van der Waals surface area contributed by atoms with Crippen LogP contribution >= 0.6 is 0 Å². The lowest BCUT2D eigenvalue weighted by atomic mass is 10.3. The van der Waals surface area contributed by atoms with Crippen molar-refractivity contribution < 1.29 is 19.2 Å². The Labute approximate surface area is 207 Å². The average Bonchev–Trinajstić information content (AvgIpc) is 3.43. The van der Waals surface area contributed by atoms with E-state index in [-0.39, 0.29) is 40.8 Å². The molecule has 0 aliphatic carbocycles. The third-order valence-corrected chi connectivity index (χ3v) is 5.04. The first-order valence-electron chi connectivity index (χ1n) is 11.0. The van der Waals surface area contributed by atoms with Crippen LogP contribution < -0.4 is 21.3 Å². The topological polar surface area (TPSA) is 160 Å². The molecule has 0 aromatic carbocycles. The molecule has 0 bridgehead atoms. The van der Waals surface area contributed by atoms with Gasteiger partial charge in [-0.3, -0.25) is 19.2 Å². The predicted molar refractivity (Wildman–Crippen MR) is 133 cm³/mol. The standard InChI is InChI=1S/C22H30N10O4/c1-13(33)24-16-11-32(6)19(26-16)22(36)25-14-9-15(30(4)10-14)20(34)28-17-12-31(5)18(27-17)21(35)23-7-8-29(2)3/h9-12H,7-8H2,1-6H3,(H,23,35)(H,24,33)(H,25,36)(H,28,34). The minimum Gasteiger partial charge on any atom is -0.348 e. The van der Waals surface area contributed by atoms with E-state index in [1.165, 1.54) is 34.5 Å². The number of nitrogens with one attached hydrogen (secondary N) is 4. The van der Waals surface area contributed by atoms with Gasteiger partial charge in [-0.25, -0.2) is 9.97 Å². The summed E-state index contributed by atoms with van der Waals surface area (Å²) in [7, 11) is 8.75. The van der Waals surface area contributed by atoms with Gasteiger partial charge in [0.15, 0.2) is 11.6 Å². The second-order valence-corrected chi connectivity index (χ2v) is 8.49. The Bertz CT molecular complexity index is 1300. The summed E-state index contributed by atoms with van der Waals surface area (Å²) in [4.78, 5) is 59.4. The highest BCUT2D eigenvalue weighted by Crippen LogP contribution is 2.17. The Hall–Kier alpha value is -4.46. The molecule has 0 atom stereocenters. The third-order valence-electron chi connectivity index (χ3n) is 5.04. The summed E-state index contributed by atoms with van der Waals surface area (Å²) in [5, 5.41) is 10.7. The van der Waals surface area contributed by atoms with Crippen LogP contribution in [0.3, 0.4) is 0 Å². The van der Waals surface area contributed by atoms with Crippen LogP contribution in [0.4, 0.5) is 17.3 Å². The summed E-state index contributed by atoms with van der Waals surface area (Å²) >= 11 is 0. The molecule has 4 amide bonds. The Balaban J connectivity index is 1.66. The van der Waals surface area contributed by atoms with Crippen molar-refractivity contribution in [1.29, 1.82) is 0 Å². The highest BCUT2D eigenvalue weighted by Gasteiger charge is 2.20. The molecule has 0 unspecified atom stereocenters. The zero-order chi connectivity index (χ0) is 26.6. The maximum Gasteiger partial charge on any atom is 0.291 e. The molecule has 0 spiro atoms. The quantitative estimate of drug-likeness (QED) is 0.329. The number of rotatable bonds is 9. The minimum atomic E-state index is -0.513. The van der Waals surface area contributed by atoms with Gasteiger partial charge >= 0.3 is 0 Å². The second-order valence-electron chi connectivity index (χ2n) is 8.49. The molecule has 0 fully saturated rings. The summed E-state index contributed by atoms with van der Waals surface area (Å²) in [5.74, 6) is -0.920. The minimum absolute atomic E-state index is 0.0819. The highest BCUT2D eigenvalue weighted by molar-refractivity contribution is 6.06. The summed E-state index contributed by atoms with van der Waals surface area (Å²) in [6, 6.07) is 1.50. The van der Waals surface area contributed by atoms with E-state index in [1.54, 1.807) is 31.9 Å². The van der Waals surface area contributed by atoms with E-state index < -0.39 is 11.8 Å². The van der Waals surface area contributed by atoms with Gasteiger partial charge in [0.1, 0.15) is 5.69 Å². The van der Waals surface area contributed by atoms with Crippen molar-refractivity contribution in [3.8, 4) is 0 Å². The van der Waals surface area contributed by atoms with Crippen LogP contribution in [-0.2, 0) is 25.9 Å². The molecular formula is C22H30N10O4. The van der Waals surface area contributed by atoms with E-state index >= 15 is 0 Å². The molecule has 14 nitrogen and oxygen atoms in total. The smallest absolute Gasteiger partial charge is 0.291 e. The van der Waals surface area contributed by atoms with Crippen LogP contribution in [0.1, 0.15) is 38.7 Å².